The van der Waals surface area contributed by atoms with Crippen LogP contribution in [0.5, 0.6) is 0 Å². The second-order valence-corrected chi connectivity index (χ2v) is 6.01. The first kappa shape index (κ1) is 18.9. The number of carbonyl (C=O) groups excluding carboxylic acids is 1. The van der Waals surface area contributed by atoms with Gasteiger partial charge in [-0.05, 0) is 44.0 Å². The van der Waals surface area contributed by atoms with Crippen molar-refractivity contribution in [3.8, 4) is 0 Å². The molecule has 0 bridgehead atoms. The third-order valence-electron chi connectivity index (χ3n) is 4.01. The number of rotatable bonds is 5. The fourth-order valence-corrected chi connectivity index (χ4v) is 2.67. The maximum Gasteiger partial charge on any atom is 0.236 e. The second kappa shape index (κ2) is 9.82. The number of likely N-dealkylation sites (tertiary alicyclic amines) is 1. The first-order valence-corrected chi connectivity index (χ1v) is 7.98. The van der Waals surface area contributed by atoms with Gasteiger partial charge in [0.15, 0.2) is 0 Å². The molecule has 22 heavy (non-hydrogen) atoms. The van der Waals surface area contributed by atoms with Gasteiger partial charge in [0.25, 0.3) is 0 Å². The lowest BCUT2D eigenvalue weighted by Gasteiger charge is -2.19. The van der Waals surface area contributed by atoms with E-state index < -0.39 is 6.04 Å². The van der Waals surface area contributed by atoms with Crippen molar-refractivity contribution in [1.82, 2.24) is 10.2 Å². The van der Waals surface area contributed by atoms with Gasteiger partial charge in [-0.25, -0.2) is 0 Å². The topological polar surface area (TPSA) is 58.4 Å². The first-order valence-electron chi connectivity index (χ1n) is 7.98. The van der Waals surface area contributed by atoms with Gasteiger partial charge in [0, 0.05) is 13.1 Å². The number of hydrogen-bond acceptors (Lipinski definition) is 3. The molecule has 124 valence electrons. The van der Waals surface area contributed by atoms with Crippen molar-refractivity contribution >= 4 is 18.3 Å². The fourth-order valence-electron chi connectivity index (χ4n) is 2.67. The maximum absolute atomic E-state index is 11.4. The van der Waals surface area contributed by atoms with E-state index in [2.05, 4.69) is 34.5 Å². The number of benzene rings is 1. The molecule has 1 aromatic rings. The minimum Gasteiger partial charge on any atom is -0.351 e. The van der Waals surface area contributed by atoms with Crippen LogP contribution in [0, 0.1) is 0 Å². The standard InChI is InChI=1S/C17H27N3O.ClH/c1-14(18)17(21)19-12-15-6-8-16(9-7-15)13-20-10-4-2-3-5-11-20;/h6-9,14H,2-5,10-13,18H2,1H3,(H,19,21);1H. The van der Waals surface area contributed by atoms with E-state index in [1.54, 1.807) is 6.92 Å². The van der Waals surface area contributed by atoms with Crippen LogP contribution in [0.4, 0.5) is 0 Å². The monoisotopic (exact) mass is 325 g/mol. The van der Waals surface area contributed by atoms with Gasteiger partial charge in [-0.1, -0.05) is 37.1 Å². The van der Waals surface area contributed by atoms with Crippen molar-refractivity contribution in [3.63, 3.8) is 0 Å². The van der Waals surface area contributed by atoms with Gasteiger partial charge >= 0.3 is 0 Å². The summed E-state index contributed by atoms with van der Waals surface area (Å²) in [6.07, 6.45) is 5.38. The Bertz CT molecular complexity index is 440. The molecule has 1 atom stereocenters. The van der Waals surface area contributed by atoms with Gasteiger partial charge in [-0.15, -0.1) is 12.4 Å². The Balaban J connectivity index is 0.00000242. The Morgan fingerprint density at radius 3 is 2.23 bits per heavy atom. The molecule has 1 saturated heterocycles. The van der Waals surface area contributed by atoms with E-state index >= 15 is 0 Å². The van der Waals surface area contributed by atoms with Crippen LogP contribution in [0.3, 0.4) is 0 Å². The number of carbonyl (C=O) groups is 1. The van der Waals surface area contributed by atoms with Gasteiger partial charge in [0.2, 0.25) is 5.91 Å². The molecule has 5 heteroatoms. The third kappa shape index (κ3) is 6.34. The van der Waals surface area contributed by atoms with Crippen LogP contribution in [0.2, 0.25) is 0 Å². The quantitative estimate of drug-likeness (QED) is 0.874. The van der Waals surface area contributed by atoms with Crippen molar-refractivity contribution < 1.29 is 4.79 Å². The molecule has 3 N–H and O–H groups in total. The zero-order chi connectivity index (χ0) is 15.1. The summed E-state index contributed by atoms with van der Waals surface area (Å²) in [5.74, 6) is -0.108. The number of nitrogens with zero attached hydrogens (tertiary/aromatic N) is 1. The van der Waals surface area contributed by atoms with Crippen molar-refractivity contribution in [1.29, 1.82) is 0 Å². The van der Waals surface area contributed by atoms with Crippen LogP contribution in [0.25, 0.3) is 0 Å². The number of nitrogens with one attached hydrogen (secondary N) is 1. The van der Waals surface area contributed by atoms with Crippen molar-refractivity contribution in [2.24, 2.45) is 5.73 Å². The van der Waals surface area contributed by atoms with E-state index in [-0.39, 0.29) is 18.3 Å². The Morgan fingerprint density at radius 2 is 1.68 bits per heavy atom. The van der Waals surface area contributed by atoms with Gasteiger partial charge in [-0.3, -0.25) is 9.69 Å². The number of amides is 1. The Morgan fingerprint density at radius 1 is 1.14 bits per heavy atom. The molecule has 0 radical (unpaired) electrons. The van der Waals surface area contributed by atoms with Crippen LogP contribution in [-0.4, -0.2) is 29.9 Å². The van der Waals surface area contributed by atoms with Gasteiger partial charge in [0.05, 0.1) is 6.04 Å². The van der Waals surface area contributed by atoms with Crippen LogP contribution in [0.15, 0.2) is 24.3 Å². The molecule has 4 nitrogen and oxygen atoms in total. The number of halogens is 1. The van der Waals surface area contributed by atoms with Gasteiger partial charge in [0.1, 0.15) is 0 Å². The van der Waals surface area contributed by atoms with Crippen LogP contribution in [0.1, 0.15) is 43.7 Å². The molecular weight excluding hydrogens is 298 g/mol. The van der Waals surface area contributed by atoms with Gasteiger partial charge in [-0.2, -0.15) is 0 Å². The fraction of sp³-hybridized carbons (Fsp3) is 0.588. The largest absolute Gasteiger partial charge is 0.351 e. The molecule has 1 aromatic carbocycles. The van der Waals surface area contributed by atoms with E-state index in [4.69, 9.17) is 5.73 Å². The van der Waals surface area contributed by atoms with E-state index in [9.17, 15) is 4.79 Å². The van der Waals surface area contributed by atoms with Crippen molar-refractivity contribution in [3.05, 3.63) is 35.4 Å². The summed E-state index contributed by atoms with van der Waals surface area (Å²) < 4.78 is 0. The SMILES string of the molecule is CC(N)C(=O)NCc1ccc(CN2CCCCCC2)cc1.Cl. The minimum absolute atomic E-state index is 0. The number of nitrogens with two attached hydrogens (primary N) is 1. The molecule has 1 aliphatic rings. The molecule has 1 heterocycles. The lowest BCUT2D eigenvalue weighted by molar-refractivity contribution is -0.122. The van der Waals surface area contributed by atoms with Crippen molar-refractivity contribution in [2.75, 3.05) is 13.1 Å². The molecule has 2 rings (SSSR count). The first-order chi connectivity index (χ1) is 10.1. The Kier molecular flexibility index (Phi) is 8.46. The van der Waals surface area contributed by atoms with E-state index in [1.807, 2.05) is 0 Å². The molecule has 1 amide bonds. The summed E-state index contributed by atoms with van der Waals surface area (Å²) in [6.45, 7) is 5.70. The molecule has 0 spiro atoms. The highest BCUT2D eigenvalue weighted by atomic mass is 35.5. The smallest absolute Gasteiger partial charge is 0.236 e. The zero-order valence-corrected chi connectivity index (χ0v) is 14.2. The highest BCUT2D eigenvalue weighted by molar-refractivity contribution is 5.85. The van der Waals surface area contributed by atoms with Crippen LogP contribution < -0.4 is 11.1 Å². The Labute approximate surface area is 139 Å². The van der Waals surface area contributed by atoms with Crippen molar-refractivity contribution in [2.45, 2.75) is 51.7 Å². The van der Waals surface area contributed by atoms with Gasteiger partial charge < -0.3 is 11.1 Å². The van der Waals surface area contributed by atoms with E-state index in [0.29, 0.717) is 6.54 Å². The average molecular weight is 326 g/mol. The summed E-state index contributed by atoms with van der Waals surface area (Å²) in [4.78, 5) is 14.0. The highest BCUT2D eigenvalue weighted by Crippen LogP contribution is 2.13. The second-order valence-electron chi connectivity index (χ2n) is 6.01. The Hall–Kier alpha value is -1.10. The lowest BCUT2D eigenvalue weighted by Crippen LogP contribution is -2.37. The van der Waals surface area contributed by atoms with Crippen LogP contribution in [-0.2, 0) is 17.9 Å². The molecule has 0 saturated carbocycles. The molecule has 1 fully saturated rings. The lowest BCUT2D eigenvalue weighted by atomic mass is 10.1. The number of hydrogen-bond donors (Lipinski definition) is 2. The third-order valence-corrected chi connectivity index (χ3v) is 4.01. The summed E-state index contributed by atoms with van der Waals surface area (Å²) in [6, 6.07) is 8.06. The zero-order valence-electron chi connectivity index (χ0n) is 13.4. The minimum atomic E-state index is -0.452. The summed E-state index contributed by atoms with van der Waals surface area (Å²) in [5, 5.41) is 2.83. The maximum atomic E-state index is 11.4. The molecular formula is C17H28ClN3O. The predicted octanol–water partition coefficient (Wildman–Crippen LogP) is 2.45. The predicted molar refractivity (Wildman–Crippen MR) is 92.9 cm³/mol. The van der Waals surface area contributed by atoms with E-state index in [1.165, 1.54) is 44.3 Å². The molecule has 0 aliphatic carbocycles. The molecule has 1 unspecified atom stereocenters. The van der Waals surface area contributed by atoms with E-state index in [0.717, 1.165) is 12.1 Å². The molecule has 1 aliphatic heterocycles. The molecule has 0 aromatic heterocycles. The highest BCUT2D eigenvalue weighted by Gasteiger charge is 2.09. The summed E-state index contributed by atoms with van der Waals surface area (Å²) in [5.41, 5.74) is 7.98. The normalized spacial score (nSPS) is 17.2. The average Bonchev–Trinajstić information content (AvgIpc) is 2.74. The summed E-state index contributed by atoms with van der Waals surface area (Å²) in [7, 11) is 0. The summed E-state index contributed by atoms with van der Waals surface area (Å²) >= 11 is 0. The van der Waals surface area contributed by atoms with Crippen LogP contribution >= 0.6 is 12.4 Å².